The molecule has 5 rings (SSSR count). The molecule has 3 heterocycles. The molecule has 2 aromatic heterocycles. The number of rotatable bonds is 3. The molecular weight excluding hydrogens is 357 g/mol. The normalized spacial score (nSPS) is 16.7. The van der Waals surface area contributed by atoms with Crippen molar-refractivity contribution in [3.8, 4) is 16.9 Å². The van der Waals surface area contributed by atoms with Crippen LogP contribution >= 0.6 is 0 Å². The number of halogens is 1. The molecule has 0 radical (unpaired) electrons. The Morgan fingerprint density at radius 1 is 1.21 bits per heavy atom. The van der Waals surface area contributed by atoms with E-state index in [1.54, 1.807) is 13.2 Å². The van der Waals surface area contributed by atoms with Crippen molar-refractivity contribution < 1.29 is 13.9 Å². The average molecular weight is 377 g/mol. The number of ether oxygens (including phenoxy) is 1. The summed E-state index contributed by atoms with van der Waals surface area (Å²) in [6.45, 7) is 0.441. The molecule has 3 aromatic rings. The number of fused-ring (bicyclic) bond motifs is 4. The minimum Gasteiger partial charge on any atom is -0.380 e. The number of pyridine rings is 1. The fourth-order valence-corrected chi connectivity index (χ4v) is 4.23. The van der Waals surface area contributed by atoms with Crippen LogP contribution in [-0.2, 0) is 16.9 Å². The first-order valence-corrected chi connectivity index (χ1v) is 9.29. The number of hydrogen-bond donors (Lipinski definition) is 0. The molecule has 0 saturated heterocycles. The van der Waals surface area contributed by atoms with Gasteiger partial charge in [-0.2, -0.15) is 0 Å². The standard InChI is InChI=1S/C22H20FN3O2/c1-25-21(27)20-9-14(13-28-2)12-26(20)19-10-15(18-6-4-16(23)11-24-18)3-5-17(19)22(25)7-8-22/h3-6,9-12H,7-8,13H2,1-2H3. The van der Waals surface area contributed by atoms with Gasteiger partial charge in [0.05, 0.1) is 29.7 Å². The van der Waals surface area contributed by atoms with Gasteiger partial charge in [-0.05, 0) is 42.7 Å². The van der Waals surface area contributed by atoms with Crippen molar-refractivity contribution in [1.82, 2.24) is 14.5 Å². The predicted molar refractivity (Wildman–Crippen MR) is 103 cm³/mol. The van der Waals surface area contributed by atoms with Gasteiger partial charge in [0.25, 0.3) is 5.91 Å². The van der Waals surface area contributed by atoms with Crippen LogP contribution in [0.3, 0.4) is 0 Å². The van der Waals surface area contributed by atoms with E-state index in [-0.39, 0.29) is 17.3 Å². The number of hydrogen-bond acceptors (Lipinski definition) is 3. The monoisotopic (exact) mass is 377 g/mol. The lowest BCUT2D eigenvalue weighted by atomic mass is 9.98. The summed E-state index contributed by atoms with van der Waals surface area (Å²) in [7, 11) is 3.52. The summed E-state index contributed by atoms with van der Waals surface area (Å²) in [5.74, 6) is -0.350. The van der Waals surface area contributed by atoms with Gasteiger partial charge >= 0.3 is 0 Å². The highest BCUT2D eigenvalue weighted by atomic mass is 19.1. The second kappa shape index (κ2) is 6.01. The number of carbonyl (C=O) groups excluding carboxylic acids is 1. The maximum atomic E-state index is 13.3. The maximum Gasteiger partial charge on any atom is 0.271 e. The summed E-state index contributed by atoms with van der Waals surface area (Å²) in [6.07, 6.45) is 5.09. The van der Waals surface area contributed by atoms with Crippen LogP contribution in [0.2, 0.25) is 0 Å². The summed E-state index contributed by atoms with van der Waals surface area (Å²) in [5, 5.41) is 0. The van der Waals surface area contributed by atoms with Crippen LogP contribution in [0, 0.1) is 5.82 Å². The predicted octanol–water partition coefficient (Wildman–Crippen LogP) is 3.90. The molecule has 0 unspecified atom stereocenters. The van der Waals surface area contributed by atoms with Gasteiger partial charge < -0.3 is 14.2 Å². The molecule has 1 aromatic carbocycles. The van der Waals surface area contributed by atoms with Crippen molar-refractivity contribution in [1.29, 1.82) is 0 Å². The third-order valence-electron chi connectivity index (χ3n) is 5.86. The van der Waals surface area contributed by atoms with E-state index in [2.05, 4.69) is 11.1 Å². The zero-order chi connectivity index (χ0) is 19.5. The second-order valence-corrected chi connectivity index (χ2v) is 7.53. The van der Waals surface area contributed by atoms with Crippen molar-refractivity contribution in [2.24, 2.45) is 0 Å². The lowest BCUT2D eigenvalue weighted by molar-refractivity contribution is 0.0705. The number of nitrogens with zero attached hydrogens (tertiary/aromatic N) is 3. The molecule has 0 atom stereocenters. The Hall–Kier alpha value is -2.99. The Morgan fingerprint density at radius 2 is 2.04 bits per heavy atom. The number of methoxy groups -OCH3 is 1. The lowest BCUT2D eigenvalue weighted by Gasteiger charge is -2.27. The zero-order valence-corrected chi connectivity index (χ0v) is 15.8. The molecule has 1 spiro atoms. The van der Waals surface area contributed by atoms with Crippen LogP contribution in [0.1, 0.15) is 34.5 Å². The Bertz CT molecular complexity index is 1080. The van der Waals surface area contributed by atoms with E-state index >= 15 is 0 Å². The lowest BCUT2D eigenvalue weighted by Crippen LogP contribution is -2.36. The topological polar surface area (TPSA) is 47.4 Å². The SMILES string of the molecule is COCc1cc2n(c1)-c1cc(-c3ccc(F)cn3)ccc1C1(CC1)N(C)C2=O. The number of amides is 1. The number of carbonyl (C=O) groups is 1. The van der Waals surface area contributed by atoms with Gasteiger partial charge in [0, 0.05) is 31.5 Å². The fourth-order valence-electron chi connectivity index (χ4n) is 4.23. The third kappa shape index (κ3) is 2.41. The molecule has 28 heavy (non-hydrogen) atoms. The number of benzene rings is 1. The molecule has 1 amide bonds. The quantitative estimate of drug-likeness (QED) is 0.696. The minimum atomic E-state index is -0.362. The van der Waals surface area contributed by atoms with Gasteiger partial charge in [-0.25, -0.2) is 4.39 Å². The molecule has 5 nitrogen and oxygen atoms in total. The third-order valence-corrected chi connectivity index (χ3v) is 5.86. The van der Waals surface area contributed by atoms with E-state index < -0.39 is 0 Å². The Labute approximate surface area is 162 Å². The first kappa shape index (κ1) is 17.1. The van der Waals surface area contributed by atoms with Gasteiger partial charge in [0.1, 0.15) is 11.5 Å². The Morgan fingerprint density at radius 3 is 2.71 bits per heavy atom. The van der Waals surface area contributed by atoms with Crippen molar-refractivity contribution in [3.63, 3.8) is 0 Å². The van der Waals surface area contributed by atoms with E-state index in [0.29, 0.717) is 18.0 Å². The zero-order valence-electron chi connectivity index (χ0n) is 15.8. The molecule has 6 heteroatoms. The first-order valence-electron chi connectivity index (χ1n) is 9.29. The van der Waals surface area contributed by atoms with E-state index in [4.69, 9.17) is 4.74 Å². The molecule has 1 saturated carbocycles. The molecule has 2 aliphatic rings. The largest absolute Gasteiger partial charge is 0.380 e. The van der Waals surface area contributed by atoms with E-state index in [9.17, 15) is 9.18 Å². The summed E-state index contributed by atoms with van der Waals surface area (Å²) < 4.78 is 20.5. The highest BCUT2D eigenvalue weighted by molar-refractivity contribution is 5.96. The van der Waals surface area contributed by atoms with E-state index in [1.165, 1.54) is 12.3 Å². The Balaban J connectivity index is 1.73. The van der Waals surface area contributed by atoms with E-state index in [0.717, 1.165) is 35.2 Å². The first-order chi connectivity index (χ1) is 13.5. The van der Waals surface area contributed by atoms with Crippen LogP contribution in [0.25, 0.3) is 16.9 Å². The van der Waals surface area contributed by atoms with Crippen molar-refractivity contribution in [3.05, 3.63) is 71.4 Å². The van der Waals surface area contributed by atoms with Crippen molar-refractivity contribution in [2.75, 3.05) is 14.2 Å². The molecule has 1 aliphatic carbocycles. The van der Waals surface area contributed by atoms with Gasteiger partial charge in [-0.3, -0.25) is 9.78 Å². The van der Waals surface area contributed by atoms with Crippen molar-refractivity contribution >= 4 is 5.91 Å². The van der Waals surface area contributed by atoms with Crippen molar-refractivity contribution in [2.45, 2.75) is 25.0 Å². The molecule has 1 aliphatic heterocycles. The molecule has 0 N–H and O–H groups in total. The van der Waals surface area contributed by atoms with Gasteiger partial charge in [-0.15, -0.1) is 0 Å². The van der Waals surface area contributed by atoms with E-state index in [1.807, 2.05) is 40.9 Å². The molecule has 142 valence electrons. The minimum absolute atomic E-state index is 0.0116. The molecule has 0 bridgehead atoms. The second-order valence-electron chi connectivity index (χ2n) is 7.53. The van der Waals surface area contributed by atoms with Crippen LogP contribution < -0.4 is 0 Å². The van der Waals surface area contributed by atoms with Crippen LogP contribution in [0.4, 0.5) is 4.39 Å². The summed E-state index contributed by atoms with van der Waals surface area (Å²) in [4.78, 5) is 19.3. The smallest absolute Gasteiger partial charge is 0.271 e. The van der Waals surface area contributed by atoms with Crippen LogP contribution in [-0.4, -0.2) is 34.5 Å². The maximum absolute atomic E-state index is 13.3. The fraction of sp³-hybridized carbons (Fsp3) is 0.273. The van der Waals surface area contributed by atoms with Gasteiger partial charge in [0.2, 0.25) is 0 Å². The number of aromatic nitrogens is 2. The highest BCUT2D eigenvalue weighted by Gasteiger charge is 2.53. The van der Waals surface area contributed by atoms with Crippen LogP contribution in [0.15, 0.2) is 48.8 Å². The summed E-state index contributed by atoms with van der Waals surface area (Å²) in [5.41, 5.74) is 5.01. The average Bonchev–Trinajstić information content (AvgIpc) is 3.41. The highest BCUT2D eigenvalue weighted by Crippen LogP contribution is 2.54. The molecular formula is C22H20FN3O2. The Kier molecular flexibility index (Phi) is 3.67. The van der Waals surface area contributed by atoms with Gasteiger partial charge in [-0.1, -0.05) is 12.1 Å². The summed E-state index contributed by atoms with van der Waals surface area (Å²) >= 11 is 0. The van der Waals surface area contributed by atoms with Crippen LogP contribution in [0.5, 0.6) is 0 Å². The summed E-state index contributed by atoms with van der Waals surface area (Å²) in [6, 6.07) is 11.1. The van der Waals surface area contributed by atoms with Gasteiger partial charge in [0.15, 0.2) is 0 Å². The molecule has 1 fully saturated rings.